The smallest absolute Gasteiger partial charge is 0.240 e. The highest BCUT2D eigenvalue weighted by Gasteiger charge is 2.42. The summed E-state index contributed by atoms with van der Waals surface area (Å²) in [6.45, 7) is 2.68. The van der Waals surface area contributed by atoms with Crippen LogP contribution in [0.3, 0.4) is 0 Å². The zero-order valence-electron chi connectivity index (χ0n) is 17.9. The molecule has 0 aliphatic carbocycles. The Kier molecular flexibility index (Phi) is 5.32. The number of fused-ring (bicyclic) bond motifs is 1. The van der Waals surface area contributed by atoms with Gasteiger partial charge in [0.2, 0.25) is 11.7 Å². The molecule has 2 aromatic heterocycles. The van der Waals surface area contributed by atoms with Crippen LogP contribution in [0.15, 0.2) is 56.6 Å². The number of ether oxygens (including phenoxy) is 1. The number of methoxy groups -OCH3 is 1. The number of hydrogen-bond acceptors (Lipinski definition) is 6. The molecule has 1 amide bonds. The van der Waals surface area contributed by atoms with Gasteiger partial charge in [-0.25, -0.2) is 0 Å². The van der Waals surface area contributed by atoms with E-state index in [4.69, 9.17) is 13.6 Å². The number of benzene rings is 1. The summed E-state index contributed by atoms with van der Waals surface area (Å²) in [7, 11) is 5.41. The summed E-state index contributed by atoms with van der Waals surface area (Å²) in [4.78, 5) is 28.8. The van der Waals surface area contributed by atoms with Crippen LogP contribution in [0, 0.1) is 6.92 Å². The van der Waals surface area contributed by atoms with Gasteiger partial charge in [-0.2, -0.15) is 0 Å². The summed E-state index contributed by atoms with van der Waals surface area (Å²) < 4.78 is 16.8. The number of Topliss-reactive ketones (excluding diaryl/α,β-unsaturated/α-hetero) is 1. The van der Waals surface area contributed by atoms with Crippen molar-refractivity contribution in [1.29, 1.82) is 0 Å². The first-order valence-corrected chi connectivity index (χ1v) is 10.0. The van der Waals surface area contributed by atoms with Crippen LogP contribution in [0.4, 0.5) is 0 Å². The van der Waals surface area contributed by atoms with Crippen molar-refractivity contribution in [2.75, 3.05) is 34.3 Å². The highest BCUT2D eigenvalue weighted by atomic mass is 16.5. The third-order valence-electron chi connectivity index (χ3n) is 5.36. The average Bonchev–Trinajstić information content (AvgIpc) is 3.42. The second kappa shape index (κ2) is 7.96. The van der Waals surface area contributed by atoms with Gasteiger partial charge < -0.3 is 28.5 Å². The van der Waals surface area contributed by atoms with Crippen molar-refractivity contribution < 1.29 is 33.2 Å². The van der Waals surface area contributed by atoms with Gasteiger partial charge in [0.15, 0.2) is 17.1 Å². The number of hydrogen-bond donors (Lipinski definition) is 1. The quantitative estimate of drug-likeness (QED) is 0.565. The Morgan fingerprint density at radius 2 is 2.00 bits per heavy atom. The van der Waals surface area contributed by atoms with Crippen molar-refractivity contribution >= 4 is 22.7 Å². The van der Waals surface area contributed by atoms with Crippen molar-refractivity contribution in [3.05, 3.63) is 65.0 Å². The third-order valence-corrected chi connectivity index (χ3v) is 5.36. The van der Waals surface area contributed by atoms with Gasteiger partial charge in [-0.1, -0.05) is 12.1 Å². The van der Waals surface area contributed by atoms with Gasteiger partial charge in [-0.05, 0) is 36.9 Å². The fraction of sp³-hybridized carbons (Fsp3) is 0.304. The zero-order valence-corrected chi connectivity index (χ0v) is 17.9. The van der Waals surface area contributed by atoms with Crippen molar-refractivity contribution in [2.24, 2.45) is 0 Å². The number of rotatable bonds is 7. The highest BCUT2D eigenvalue weighted by molar-refractivity contribution is 6.15. The van der Waals surface area contributed by atoms with E-state index in [1.54, 1.807) is 43.3 Å². The van der Waals surface area contributed by atoms with Gasteiger partial charge in [-0.3, -0.25) is 9.59 Å². The molecular formula is C23H24N2O6. The van der Waals surface area contributed by atoms with Crippen LogP contribution in [0.5, 0.6) is 5.75 Å². The van der Waals surface area contributed by atoms with E-state index in [1.807, 2.05) is 14.1 Å². The lowest BCUT2D eigenvalue weighted by molar-refractivity contribution is -0.857. The van der Waals surface area contributed by atoms with Crippen LogP contribution in [0.1, 0.15) is 28.1 Å². The predicted molar refractivity (Wildman–Crippen MR) is 110 cm³/mol. The maximum absolute atomic E-state index is 13.4. The SMILES string of the molecule is COc1cccc2cc(C(=O)C3=C([O-])C(=O)N(CC[NH+](C)C)C3c3ccc(C)o3)oc12. The Hall–Kier alpha value is -3.52. The Balaban J connectivity index is 1.78. The number of ketones is 1. The number of nitrogens with one attached hydrogen (secondary N) is 1. The van der Waals surface area contributed by atoms with Gasteiger partial charge in [0.25, 0.3) is 0 Å². The van der Waals surface area contributed by atoms with Crippen molar-refractivity contribution in [3.63, 3.8) is 0 Å². The molecule has 0 radical (unpaired) electrons. The summed E-state index contributed by atoms with van der Waals surface area (Å²) in [5.74, 6) is -0.714. The number of carbonyl (C=O) groups is 2. The Morgan fingerprint density at radius 3 is 2.65 bits per heavy atom. The van der Waals surface area contributed by atoms with E-state index in [0.29, 0.717) is 41.3 Å². The number of para-hydroxylation sites is 1. The lowest BCUT2D eigenvalue weighted by Gasteiger charge is -2.26. The van der Waals surface area contributed by atoms with E-state index >= 15 is 0 Å². The predicted octanol–water partition coefficient (Wildman–Crippen LogP) is 0.868. The van der Waals surface area contributed by atoms with Crippen LogP contribution in [0.2, 0.25) is 0 Å². The third kappa shape index (κ3) is 3.59. The van der Waals surface area contributed by atoms with Gasteiger partial charge in [-0.15, -0.1) is 0 Å². The molecule has 0 saturated carbocycles. The number of nitrogens with zero attached hydrogens (tertiary/aromatic N) is 1. The van der Waals surface area contributed by atoms with Crippen LogP contribution in [-0.4, -0.2) is 50.9 Å². The molecule has 8 heteroatoms. The molecule has 1 unspecified atom stereocenters. The lowest BCUT2D eigenvalue weighted by atomic mass is 9.99. The first-order valence-electron chi connectivity index (χ1n) is 10.0. The molecule has 1 aromatic carbocycles. The van der Waals surface area contributed by atoms with Crippen molar-refractivity contribution in [1.82, 2.24) is 4.90 Å². The second-order valence-corrected chi connectivity index (χ2v) is 7.87. The van der Waals surface area contributed by atoms with E-state index in [-0.39, 0.29) is 11.3 Å². The number of aryl methyl sites for hydroxylation is 1. The number of quaternary nitrogens is 1. The first kappa shape index (κ1) is 20.7. The lowest BCUT2D eigenvalue weighted by Crippen LogP contribution is -3.06. The van der Waals surface area contributed by atoms with Gasteiger partial charge in [0, 0.05) is 11.0 Å². The van der Waals surface area contributed by atoms with Crippen molar-refractivity contribution in [3.8, 4) is 5.75 Å². The van der Waals surface area contributed by atoms with E-state index in [9.17, 15) is 14.7 Å². The summed E-state index contributed by atoms with van der Waals surface area (Å²) in [6, 6.07) is 9.38. The fourth-order valence-electron chi connectivity index (χ4n) is 3.78. The number of likely N-dealkylation sites (N-methyl/N-ethyl adjacent to an activating group) is 1. The molecule has 1 aliphatic heterocycles. The van der Waals surface area contributed by atoms with Crippen LogP contribution >= 0.6 is 0 Å². The Morgan fingerprint density at radius 1 is 1.23 bits per heavy atom. The first-order chi connectivity index (χ1) is 14.8. The topological polar surface area (TPSA) is 100 Å². The minimum Gasteiger partial charge on any atom is -0.868 e. The van der Waals surface area contributed by atoms with Gasteiger partial charge >= 0.3 is 0 Å². The minimum absolute atomic E-state index is 0.0241. The van der Waals surface area contributed by atoms with E-state index in [2.05, 4.69) is 0 Å². The zero-order chi connectivity index (χ0) is 22.3. The molecule has 1 aliphatic rings. The van der Waals surface area contributed by atoms with E-state index < -0.39 is 23.5 Å². The summed E-state index contributed by atoms with van der Waals surface area (Å²) in [5.41, 5.74) is 0.246. The molecule has 162 valence electrons. The van der Waals surface area contributed by atoms with Gasteiger partial charge in [0.05, 0.1) is 34.3 Å². The maximum atomic E-state index is 13.4. The minimum atomic E-state index is -0.893. The molecule has 3 heterocycles. The number of furan rings is 2. The molecule has 0 saturated heterocycles. The normalized spacial score (nSPS) is 16.7. The molecule has 8 nitrogen and oxygen atoms in total. The molecule has 3 aromatic rings. The van der Waals surface area contributed by atoms with Crippen LogP contribution < -0.4 is 14.7 Å². The van der Waals surface area contributed by atoms with Gasteiger partial charge in [0.1, 0.15) is 17.6 Å². The van der Waals surface area contributed by atoms with E-state index in [1.165, 1.54) is 12.0 Å². The molecule has 31 heavy (non-hydrogen) atoms. The maximum Gasteiger partial charge on any atom is 0.240 e. The highest BCUT2D eigenvalue weighted by Crippen LogP contribution is 2.39. The van der Waals surface area contributed by atoms with Crippen LogP contribution in [-0.2, 0) is 4.79 Å². The summed E-state index contributed by atoms with van der Waals surface area (Å²) >= 11 is 0. The molecule has 4 rings (SSSR count). The molecule has 0 spiro atoms. The second-order valence-electron chi connectivity index (χ2n) is 7.87. The summed E-state index contributed by atoms with van der Waals surface area (Å²) in [5, 5.41) is 13.6. The Labute approximate surface area is 179 Å². The number of amides is 1. The Bertz CT molecular complexity index is 1190. The monoisotopic (exact) mass is 424 g/mol. The van der Waals surface area contributed by atoms with Crippen LogP contribution in [0.25, 0.3) is 11.0 Å². The summed E-state index contributed by atoms with van der Waals surface area (Å²) in [6.07, 6.45) is 0. The fourth-order valence-corrected chi connectivity index (χ4v) is 3.78. The standard InChI is InChI=1S/C23H24N2O6/c1-13-8-9-15(30-13)19-18(21(27)23(28)25(19)11-10-24(2)3)20(26)17-12-14-6-5-7-16(29-4)22(14)31-17/h5-9,12,19,27H,10-11H2,1-4H3. The molecule has 0 fully saturated rings. The van der Waals surface area contributed by atoms with E-state index in [0.717, 1.165) is 4.90 Å². The largest absolute Gasteiger partial charge is 0.868 e. The molecule has 0 bridgehead atoms. The number of carbonyl (C=O) groups excluding carboxylic acids is 2. The molecule has 1 N–H and O–H groups in total. The van der Waals surface area contributed by atoms with Crippen molar-refractivity contribution in [2.45, 2.75) is 13.0 Å². The average molecular weight is 424 g/mol. The molecular weight excluding hydrogens is 400 g/mol. The molecule has 1 atom stereocenters.